The third kappa shape index (κ3) is 4.78. The topological polar surface area (TPSA) is 68.0 Å². The van der Waals surface area contributed by atoms with Crippen LogP contribution < -0.4 is 0 Å². The van der Waals surface area contributed by atoms with Gasteiger partial charge in [0.25, 0.3) is 0 Å². The number of carboxylic acid groups (broad SMARTS) is 1. The molecule has 2 aromatic heterocycles. The number of alkyl halides is 3. The minimum absolute atomic E-state index is 0.00963. The molecule has 0 amide bonds. The van der Waals surface area contributed by atoms with Gasteiger partial charge in [0.15, 0.2) is 16.8 Å². The van der Waals surface area contributed by atoms with Crippen molar-refractivity contribution in [3.63, 3.8) is 0 Å². The summed E-state index contributed by atoms with van der Waals surface area (Å²) in [6, 6.07) is 2.52. The number of hydrogen-bond acceptors (Lipinski definition) is 4. The highest BCUT2D eigenvalue weighted by molar-refractivity contribution is 7.99. The standard InChI is InChI=1S/C17H11ClF5N3O2S/c18-9-4-8(17(21,22)23)7-24-15(9)29-16-25-12-5-10(19)11(20)6-13(12)26(16)3-1-2-14(27)28/h4-7H,1-3H2,(H,27,28). The van der Waals surface area contributed by atoms with Crippen molar-refractivity contribution in [1.29, 1.82) is 0 Å². The summed E-state index contributed by atoms with van der Waals surface area (Å²) < 4.78 is 67.0. The second-order valence-corrected chi connectivity index (χ2v) is 7.27. The van der Waals surface area contributed by atoms with Crippen molar-refractivity contribution in [2.24, 2.45) is 0 Å². The largest absolute Gasteiger partial charge is 0.481 e. The molecule has 0 bridgehead atoms. The Morgan fingerprint density at radius 2 is 1.90 bits per heavy atom. The van der Waals surface area contributed by atoms with Crippen LogP contribution >= 0.6 is 23.4 Å². The Labute approximate surface area is 169 Å². The zero-order valence-corrected chi connectivity index (χ0v) is 15.9. The molecule has 3 rings (SSSR count). The molecule has 154 valence electrons. The summed E-state index contributed by atoms with van der Waals surface area (Å²) in [4.78, 5) is 18.6. The van der Waals surface area contributed by atoms with E-state index < -0.39 is 29.3 Å². The summed E-state index contributed by atoms with van der Waals surface area (Å²) >= 11 is 6.72. The van der Waals surface area contributed by atoms with Crippen LogP contribution in [0.3, 0.4) is 0 Å². The quantitative estimate of drug-likeness (QED) is 0.508. The average molecular weight is 452 g/mol. The lowest BCUT2D eigenvalue weighted by Gasteiger charge is -2.10. The SMILES string of the molecule is O=C(O)CCCn1c(Sc2ncc(C(F)(F)F)cc2Cl)nc2cc(F)c(F)cc21. The molecule has 0 aliphatic heterocycles. The molecule has 0 atom stereocenters. The number of imidazole rings is 1. The molecule has 0 fully saturated rings. The monoisotopic (exact) mass is 451 g/mol. The molecule has 0 aliphatic rings. The van der Waals surface area contributed by atoms with Gasteiger partial charge < -0.3 is 9.67 Å². The van der Waals surface area contributed by atoms with Crippen LogP contribution in [-0.2, 0) is 17.5 Å². The minimum Gasteiger partial charge on any atom is -0.481 e. The maximum Gasteiger partial charge on any atom is 0.417 e. The fraction of sp³-hybridized carbons (Fsp3) is 0.235. The van der Waals surface area contributed by atoms with E-state index in [0.717, 1.165) is 23.9 Å². The van der Waals surface area contributed by atoms with Crippen molar-refractivity contribution >= 4 is 40.4 Å². The molecular weight excluding hydrogens is 441 g/mol. The van der Waals surface area contributed by atoms with Crippen molar-refractivity contribution in [3.8, 4) is 0 Å². The van der Waals surface area contributed by atoms with Gasteiger partial charge in [0.05, 0.1) is 21.6 Å². The van der Waals surface area contributed by atoms with Crippen molar-refractivity contribution < 1.29 is 31.9 Å². The molecule has 0 saturated carbocycles. The fourth-order valence-corrected chi connectivity index (χ4v) is 3.68. The maximum atomic E-state index is 13.7. The van der Waals surface area contributed by atoms with E-state index in [0.29, 0.717) is 12.3 Å². The van der Waals surface area contributed by atoms with Gasteiger partial charge in [0, 0.05) is 31.3 Å². The molecule has 5 nitrogen and oxygen atoms in total. The van der Waals surface area contributed by atoms with E-state index in [1.54, 1.807) is 0 Å². The Morgan fingerprint density at radius 3 is 2.52 bits per heavy atom. The van der Waals surface area contributed by atoms with Crippen molar-refractivity contribution in [2.75, 3.05) is 0 Å². The second-order valence-electron chi connectivity index (χ2n) is 5.91. The lowest BCUT2D eigenvalue weighted by atomic mass is 10.2. The lowest BCUT2D eigenvalue weighted by molar-refractivity contribution is -0.138. The molecule has 0 aliphatic carbocycles. The van der Waals surface area contributed by atoms with Gasteiger partial charge in [-0.25, -0.2) is 18.7 Å². The third-order valence-electron chi connectivity index (χ3n) is 3.85. The number of hydrogen-bond donors (Lipinski definition) is 1. The van der Waals surface area contributed by atoms with Gasteiger partial charge >= 0.3 is 12.1 Å². The van der Waals surface area contributed by atoms with Gasteiger partial charge in [-0.1, -0.05) is 11.6 Å². The van der Waals surface area contributed by atoms with E-state index in [-0.39, 0.29) is 45.6 Å². The summed E-state index contributed by atoms with van der Waals surface area (Å²) in [6.07, 6.45) is -4.00. The number of aryl methyl sites for hydroxylation is 1. The number of halogens is 6. The number of nitrogens with zero attached hydrogens (tertiary/aromatic N) is 3. The molecule has 1 aromatic carbocycles. The molecule has 2 heterocycles. The Hall–Kier alpha value is -2.40. The number of benzene rings is 1. The Bertz CT molecular complexity index is 1090. The van der Waals surface area contributed by atoms with Gasteiger partial charge in [-0.05, 0) is 24.2 Å². The number of fused-ring (bicyclic) bond motifs is 1. The van der Waals surface area contributed by atoms with Crippen molar-refractivity contribution in [2.45, 2.75) is 35.7 Å². The molecule has 12 heteroatoms. The van der Waals surface area contributed by atoms with E-state index in [1.165, 1.54) is 4.57 Å². The maximum absolute atomic E-state index is 13.7. The van der Waals surface area contributed by atoms with Crippen LogP contribution in [0, 0.1) is 11.6 Å². The molecule has 3 aromatic rings. The van der Waals surface area contributed by atoms with Crippen molar-refractivity contribution in [1.82, 2.24) is 14.5 Å². The van der Waals surface area contributed by atoms with E-state index >= 15 is 0 Å². The van der Waals surface area contributed by atoms with Gasteiger partial charge in [-0.3, -0.25) is 4.79 Å². The number of carboxylic acids is 1. The predicted molar refractivity (Wildman–Crippen MR) is 94.9 cm³/mol. The predicted octanol–water partition coefficient (Wildman–Crippen LogP) is 5.40. The van der Waals surface area contributed by atoms with Gasteiger partial charge in [0.1, 0.15) is 5.03 Å². The van der Waals surface area contributed by atoms with E-state index in [2.05, 4.69) is 9.97 Å². The van der Waals surface area contributed by atoms with E-state index in [1.807, 2.05) is 0 Å². The van der Waals surface area contributed by atoms with Crippen LogP contribution in [0.5, 0.6) is 0 Å². The smallest absolute Gasteiger partial charge is 0.417 e. The Balaban J connectivity index is 2.00. The lowest BCUT2D eigenvalue weighted by Crippen LogP contribution is -2.06. The Kier molecular flexibility index (Phi) is 5.99. The number of aliphatic carboxylic acids is 1. The summed E-state index contributed by atoms with van der Waals surface area (Å²) in [6.45, 7) is 0.106. The number of carbonyl (C=O) groups is 1. The highest BCUT2D eigenvalue weighted by Crippen LogP contribution is 2.37. The molecule has 0 radical (unpaired) electrons. The van der Waals surface area contributed by atoms with E-state index in [4.69, 9.17) is 16.7 Å². The molecule has 1 N–H and O–H groups in total. The molecule has 29 heavy (non-hydrogen) atoms. The van der Waals surface area contributed by atoms with Crippen LogP contribution in [0.25, 0.3) is 11.0 Å². The first-order valence-corrected chi connectivity index (χ1v) is 9.23. The van der Waals surface area contributed by atoms with Gasteiger partial charge in [-0.2, -0.15) is 13.2 Å². The number of aromatic nitrogens is 3. The van der Waals surface area contributed by atoms with Crippen molar-refractivity contribution in [3.05, 3.63) is 46.6 Å². The Morgan fingerprint density at radius 1 is 1.21 bits per heavy atom. The summed E-state index contributed by atoms with van der Waals surface area (Å²) in [5, 5.41) is 8.70. The fourth-order valence-electron chi connectivity index (χ4n) is 2.52. The zero-order chi connectivity index (χ0) is 21.3. The normalized spacial score (nSPS) is 11.9. The van der Waals surface area contributed by atoms with Crippen LogP contribution in [0.15, 0.2) is 34.6 Å². The highest BCUT2D eigenvalue weighted by atomic mass is 35.5. The highest BCUT2D eigenvalue weighted by Gasteiger charge is 2.31. The number of rotatable bonds is 6. The number of pyridine rings is 1. The molecular formula is C17H11ClF5N3O2S. The first kappa shape index (κ1) is 21.3. The summed E-state index contributed by atoms with van der Waals surface area (Å²) in [5.74, 6) is -3.26. The van der Waals surface area contributed by atoms with Gasteiger partial charge in [-0.15, -0.1) is 0 Å². The molecule has 0 spiro atoms. The second kappa shape index (κ2) is 8.15. The zero-order valence-electron chi connectivity index (χ0n) is 14.3. The van der Waals surface area contributed by atoms with Crippen LogP contribution in [0.4, 0.5) is 22.0 Å². The third-order valence-corrected chi connectivity index (χ3v) is 5.26. The molecule has 0 unspecified atom stereocenters. The van der Waals surface area contributed by atoms with Crippen LogP contribution in [-0.4, -0.2) is 25.6 Å². The minimum atomic E-state index is -4.61. The molecule has 0 saturated heterocycles. The van der Waals surface area contributed by atoms with Crippen LogP contribution in [0.1, 0.15) is 18.4 Å². The first-order chi connectivity index (χ1) is 13.6. The summed E-state index contributed by atoms with van der Waals surface area (Å²) in [7, 11) is 0. The first-order valence-electron chi connectivity index (χ1n) is 8.04. The van der Waals surface area contributed by atoms with Gasteiger partial charge in [0.2, 0.25) is 0 Å². The van der Waals surface area contributed by atoms with E-state index in [9.17, 15) is 26.7 Å². The summed E-state index contributed by atoms with van der Waals surface area (Å²) in [5.41, 5.74) is -0.712. The van der Waals surface area contributed by atoms with Crippen LogP contribution in [0.2, 0.25) is 5.02 Å². The average Bonchev–Trinajstić information content (AvgIpc) is 2.92.